The Kier molecular flexibility index (Phi) is 2.19. The maximum absolute atomic E-state index is 11.8. The molecule has 2 nitrogen and oxygen atoms in total. The molecule has 0 aromatic heterocycles. The molecule has 0 spiro atoms. The van der Waals surface area contributed by atoms with Gasteiger partial charge in [-0.25, -0.2) is 0 Å². The van der Waals surface area contributed by atoms with Gasteiger partial charge in [-0.05, 0) is 12.1 Å². The average molecular weight is 177 g/mol. The van der Waals surface area contributed by atoms with E-state index in [2.05, 4.69) is 4.36 Å². The highest BCUT2D eigenvalue weighted by Crippen LogP contribution is 2.14. The smallest absolute Gasteiger partial charge is 0.180 e. The van der Waals surface area contributed by atoms with Gasteiger partial charge in [0.05, 0.1) is 5.69 Å². The third-order valence-corrected chi connectivity index (χ3v) is 1.39. The fourth-order valence-corrected chi connectivity index (χ4v) is 0.979. The molecular weight excluding hydrogens is 172 g/mol. The van der Waals surface area contributed by atoms with E-state index in [9.17, 15) is 12.0 Å². The molecule has 0 aliphatic heterocycles. The Labute approximate surface area is 63.6 Å². The molecule has 1 rings (SSSR count). The van der Waals surface area contributed by atoms with Crippen LogP contribution in [0, 0.1) is 0 Å². The van der Waals surface area contributed by atoms with Crippen LogP contribution in [0.25, 0.3) is 0 Å². The van der Waals surface area contributed by atoms with Crippen molar-refractivity contribution >= 4 is 16.2 Å². The normalized spacial score (nSPS) is 11.1. The monoisotopic (exact) mass is 177 g/mol. The summed E-state index contributed by atoms with van der Waals surface area (Å²) >= 11 is 0. The summed E-state index contributed by atoms with van der Waals surface area (Å²) in [5.41, 5.74) is 0.0301. The lowest BCUT2D eigenvalue weighted by atomic mass is 10.3. The SMILES string of the molecule is O=S(F)(F)=Nc1ccccc1. The summed E-state index contributed by atoms with van der Waals surface area (Å²) in [6, 6.07) is 7.48. The summed E-state index contributed by atoms with van der Waals surface area (Å²) < 4.78 is 36.1. The summed E-state index contributed by atoms with van der Waals surface area (Å²) in [6.45, 7) is 0. The first-order valence-electron chi connectivity index (χ1n) is 2.79. The Bertz CT molecular complexity index is 335. The first-order valence-corrected chi connectivity index (χ1v) is 4.11. The number of nitrogens with zero attached hydrogens (tertiary/aromatic N) is 1. The van der Waals surface area contributed by atoms with Crippen molar-refractivity contribution in [3.05, 3.63) is 30.3 Å². The van der Waals surface area contributed by atoms with Crippen LogP contribution in [0.15, 0.2) is 34.7 Å². The van der Waals surface area contributed by atoms with Crippen LogP contribution in [-0.2, 0) is 10.5 Å². The number of hydrogen-bond acceptors (Lipinski definition) is 2. The lowest BCUT2D eigenvalue weighted by molar-refractivity contribution is 0.588. The Morgan fingerprint density at radius 2 is 1.73 bits per heavy atom. The lowest BCUT2D eigenvalue weighted by Crippen LogP contribution is -1.74. The zero-order chi connectivity index (χ0) is 8.32. The molecule has 0 aliphatic carbocycles. The van der Waals surface area contributed by atoms with Gasteiger partial charge in [0.25, 0.3) is 0 Å². The van der Waals surface area contributed by atoms with E-state index in [0.29, 0.717) is 0 Å². The number of hydrogen-bond donors (Lipinski definition) is 0. The summed E-state index contributed by atoms with van der Waals surface area (Å²) in [7, 11) is -5.00. The predicted octanol–water partition coefficient (Wildman–Crippen LogP) is 2.56. The van der Waals surface area contributed by atoms with E-state index in [0.717, 1.165) is 0 Å². The van der Waals surface area contributed by atoms with E-state index < -0.39 is 10.5 Å². The summed E-state index contributed by atoms with van der Waals surface area (Å²) in [4.78, 5) is 0. The second-order valence-corrected chi connectivity index (χ2v) is 2.80. The van der Waals surface area contributed by atoms with Gasteiger partial charge in [0.15, 0.2) is 0 Å². The fourth-order valence-electron chi connectivity index (χ4n) is 0.612. The maximum atomic E-state index is 11.8. The predicted molar refractivity (Wildman–Crippen MR) is 38.9 cm³/mol. The molecule has 5 heteroatoms. The van der Waals surface area contributed by atoms with Crippen molar-refractivity contribution in [2.45, 2.75) is 0 Å². The molecule has 1 aromatic carbocycles. The fraction of sp³-hybridized carbons (Fsp3) is 0. The zero-order valence-corrected chi connectivity index (χ0v) is 6.22. The topological polar surface area (TPSA) is 29.4 Å². The highest BCUT2D eigenvalue weighted by molar-refractivity contribution is 7.83. The van der Waals surface area contributed by atoms with Gasteiger partial charge in [-0.15, -0.1) is 4.36 Å². The zero-order valence-electron chi connectivity index (χ0n) is 5.41. The van der Waals surface area contributed by atoms with Crippen LogP contribution in [0.3, 0.4) is 0 Å². The molecule has 0 bridgehead atoms. The quantitative estimate of drug-likeness (QED) is 0.606. The van der Waals surface area contributed by atoms with Crippen molar-refractivity contribution in [3.8, 4) is 0 Å². The van der Waals surface area contributed by atoms with Crippen molar-refractivity contribution in [3.63, 3.8) is 0 Å². The Hall–Kier alpha value is -0.970. The Morgan fingerprint density at radius 1 is 1.18 bits per heavy atom. The molecule has 60 valence electrons. The van der Waals surface area contributed by atoms with Crippen LogP contribution >= 0.6 is 0 Å². The van der Waals surface area contributed by atoms with E-state index in [1.807, 2.05) is 0 Å². The number of halogens is 2. The van der Waals surface area contributed by atoms with E-state index in [1.165, 1.54) is 12.1 Å². The largest absolute Gasteiger partial charge is 0.371 e. The summed E-state index contributed by atoms with van der Waals surface area (Å²) in [5, 5.41) is 0. The minimum Gasteiger partial charge on any atom is -0.180 e. The molecular formula is C6H5F2NOS. The van der Waals surface area contributed by atoms with Gasteiger partial charge in [-0.1, -0.05) is 26.0 Å². The highest BCUT2D eigenvalue weighted by atomic mass is 32.3. The highest BCUT2D eigenvalue weighted by Gasteiger charge is 1.99. The molecule has 1 aromatic rings. The van der Waals surface area contributed by atoms with Crippen LogP contribution < -0.4 is 0 Å². The molecule has 0 heterocycles. The van der Waals surface area contributed by atoms with Gasteiger partial charge in [0.2, 0.25) is 0 Å². The molecule has 0 N–H and O–H groups in total. The average Bonchev–Trinajstić information content (AvgIpc) is 1.85. The van der Waals surface area contributed by atoms with Crippen molar-refractivity contribution in [2.75, 3.05) is 0 Å². The van der Waals surface area contributed by atoms with Crippen LogP contribution in [0.1, 0.15) is 0 Å². The van der Waals surface area contributed by atoms with E-state index >= 15 is 0 Å². The van der Waals surface area contributed by atoms with E-state index in [-0.39, 0.29) is 5.69 Å². The molecule has 0 unspecified atom stereocenters. The van der Waals surface area contributed by atoms with E-state index in [1.54, 1.807) is 18.2 Å². The molecule has 0 aliphatic rings. The second kappa shape index (κ2) is 2.96. The second-order valence-electron chi connectivity index (χ2n) is 1.82. The minimum absolute atomic E-state index is 0.0301. The van der Waals surface area contributed by atoms with Gasteiger partial charge >= 0.3 is 10.5 Å². The molecule has 0 atom stereocenters. The maximum Gasteiger partial charge on any atom is 0.371 e. The lowest BCUT2D eigenvalue weighted by Gasteiger charge is -1.88. The molecule has 0 amide bonds. The van der Waals surface area contributed by atoms with Gasteiger partial charge in [0.1, 0.15) is 0 Å². The summed E-state index contributed by atoms with van der Waals surface area (Å²) in [5.74, 6) is 0. The summed E-state index contributed by atoms with van der Waals surface area (Å²) in [6.07, 6.45) is 0. The molecule has 0 radical (unpaired) electrons. The van der Waals surface area contributed by atoms with Crippen LogP contribution in [0.4, 0.5) is 13.5 Å². The molecule has 0 saturated carbocycles. The number of rotatable bonds is 1. The molecule has 11 heavy (non-hydrogen) atoms. The van der Waals surface area contributed by atoms with Crippen molar-refractivity contribution in [1.82, 2.24) is 0 Å². The van der Waals surface area contributed by atoms with Crippen LogP contribution in [0.5, 0.6) is 0 Å². The first-order chi connectivity index (χ1) is 5.08. The Balaban J connectivity index is 3.08. The number of benzene rings is 1. The van der Waals surface area contributed by atoms with E-state index in [4.69, 9.17) is 0 Å². The van der Waals surface area contributed by atoms with Gasteiger partial charge < -0.3 is 0 Å². The minimum atomic E-state index is -5.00. The van der Waals surface area contributed by atoms with Crippen molar-refractivity contribution < 1.29 is 12.0 Å². The van der Waals surface area contributed by atoms with Gasteiger partial charge in [-0.3, -0.25) is 0 Å². The standard InChI is InChI=1S/C6H5F2NOS/c7-11(8,10)9-6-4-2-1-3-5-6/h1-5H. The molecule has 0 saturated heterocycles. The van der Waals surface area contributed by atoms with Gasteiger partial charge in [-0.2, -0.15) is 4.21 Å². The third kappa shape index (κ3) is 3.08. The Morgan fingerprint density at radius 3 is 2.18 bits per heavy atom. The van der Waals surface area contributed by atoms with Crippen LogP contribution in [-0.4, -0.2) is 4.21 Å². The first kappa shape index (κ1) is 8.13. The van der Waals surface area contributed by atoms with Crippen LogP contribution in [0.2, 0.25) is 0 Å². The molecule has 0 fully saturated rings. The van der Waals surface area contributed by atoms with Crippen molar-refractivity contribution in [2.24, 2.45) is 4.36 Å². The van der Waals surface area contributed by atoms with Crippen molar-refractivity contribution in [1.29, 1.82) is 0 Å². The third-order valence-electron chi connectivity index (χ3n) is 0.968. The van der Waals surface area contributed by atoms with Gasteiger partial charge in [0, 0.05) is 0 Å².